The average Bonchev–Trinajstić information content (AvgIpc) is 3.29. The number of nitrogens with one attached hydrogen (secondary N) is 2. The van der Waals surface area contributed by atoms with Crippen LogP contribution < -0.4 is 21.1 Å². The first kappa shape index (κ1) is 20.8. The van der Waals surface area contributed by atoms with E-state index in [1.807, 2.05) is 48.2 Å². The Labute approximate surface area is 202 Å². The number of para-hydroxylation sites is 2. The molecule has 0 saturated carbocycles. The molecule has 5 atom stereocenters. The highest BCUT2D eigenvalue weighted by atomic mass is 16.2. The molecule has 2 aromatic carbocycles. The number of carbonyl (C=O) groups is 2. The monoisotopic (exact) mass is 469 g/mol. The van der Waals surface area contributed by atoms with Crippen molar-refractivity contribution in [3.63, 3.8) is 0 Å². The fourth-order valence-corrected chi connectivity index (χ4v) is 7.16. The second-order valence-electron chi connectivity index (χ2n) is 10.9. The van der Waals surface area contributed by atoms with Crippen LogP contribution in [0.2, 0.25) is 0 Å². The van der Waals surface area contributed by atoms with Crippen molar-refractivity contribution in [2.75, 3.05) is 4.90 Å². The Hall–Kier alpha value is -3.52. The zero-order valence-electron chi connectivity index (χ0n) is 19.9. The molecular formula is C27H27N5O3. The zero-order valence-corrected chi connectivity index (χ0v) is 19.9. The van der Waals surface area contributed by atoms with Crippen molar-refractivity contribution < 1.29 is 9.59 Å². The van der Waals surface area contributed by atoms with Crippen LogP contribution in [0, 0.1) is 5.92 Å². The number of anilines is 1. The molecule has 2 N–H and O–H groups in total. The smallest absolute Gasteiger partial charge is 0.262 e. The van der Waals surface area contributed by atoms with Crippen molar-refractivity contribution in [3.8, 4) is 0 Å². The van der Waals surface area contributed by atoms with Crippen molar-refractivity contribution in [1.29, 1.82) is 0 Å². The highest BCUT2D eigenvalue weighted by Crippen LogP contribution is 2.62. The third kappa shape index (κ3) is 2.31. The lowest BCUT2D eigenvalue weighted by atomic mass is 9.57. The molecule has 0 radical (unpaired) electrons. The second-order valence-corrected chi connectivity index (χ2v) is 10.9. The Morgan fingerprint density at radius 3 is 2.63 bits per heavy atom. The van der Waals surface area contributed by atoms with E-state index in [0.717, 1.165) is 17.7 Å². The van der Waals surface area contributed by atoms with E-state index in [1.54, 1.807) is 10.6 Å². The van der Waals surface area contributed by atoms with Crippen LogP contribution in [0.3, 0.4) is 0 Å². The van der Waals surface area contributed by atoms with Crippen LogP contribution in [0.4, 0.5) is 5.69 Å². The largest absolute Gasteiger partial charge is 0.341 e. The van der Waals surface area contributed by atoms with Gasteiger partial charge in [-0.3, -0.25) is 29.2 Å². The van der Waals surface area contributed by atoms with Crippen LogP contribution in [0.15, 0.2) is 53.3 Å². The van der Waals surface area contributed by atoms with Crippen molar-refractivity contribution >= 4 is 28.4 Å². The number of hydrogen-bond donors (Lipinski definition) is 2. The zero-order chi connectivity index (χ0) is 24.3. The third-order valence-corrected chi connectivity index (χ3v) is 8.62. The lowest BCUT2D eigenvalue weighted by molar-refractivity contribution is -0.137. The molecule has 5 aliphatic heterocycles. The van der Waals surface area contributed by atoms with Crippen LogP contribution in [-0.4, -0.2) is 33.6 Å². The molecule has 8 heteroatoms. The summed E-state index contributed by atoms with van der Waals surface area (Å²) in [7, 11) is 0. The minimum Gasteiger partial charge on any atom is -0.341 e. The Morgan fingerprint density at radius 1 is 1.09 bits per heavy atom. The van der Waals surface area contributed by atoms with Gasteiger partial charge >= 0.3 is 0 Å². The standard InChI is InChI=1S/C27H27N5O3/c1-14(2)12-18-23(35)31-19-11-7-5-9-16(19)27(25(31)29-18)13-20-21(33)30-26(27,3)24-28-17-10-6-4-8-15(17)22(34)32(20)24/h4-11,14,18,20,25,29H,12-13H2,1-3H3,(H,30,33)/t18-,20-,25+,26+,27+/m1/s1. The minimum atomic E-state index is -1.00. The van der Waals surface area contributed by atoms with E-state index in [9.17, 15) is 14.4 Å². The van der Waals surface area contributed by atoms with Crippen molar-refractivity contribution in [2.45, 2.75) is 62.8 Å². The molecule has 5 aliphatic rings. The van der Waals surface area contributed by atoms with Crippen LogP contribution in [0.25, 0.3) is 10.9 Å². The molecule has 2 bridgehead atoms. The Balaban J connectivity index is 1.51. The maximum Gasteiger partial charge on any atom is 0.262 e. The van der Waals surface area contributed by atoms with E-state index in [4.69, 9.17) is 4.98 Å². The molecule has 2 saturated heterocycles. The van der Waals surface area contributed by atoms with Gasteiger partial charge < -0.3 is 5.32 Å². The van der Waals surface area contributed by atoms with Crippen LogP contribution in [0.5, 0.6) is 0 Å². The number of fused-ring (bicyclic) bond motifs is 5. The Bertz CT molecular complexity index is 1510. The molecule has 2 amide bonds. The first-order valence-corrected chi connectivity index (χ1v) is 12.3. The first-order valence-electron chi connectivity index (χ1n) is 12.3. The number of benzene rings is 2. The molecular weight excluding hydrogens is 442 g/mol. The number of rotatable bonds is 2. The van der Waals surface area contributed by atoms with Crippen molar-refractivity contribution in [3.05, 3.63) is 70.3 Å². The van der Waals surface area contributed by atoms with E-state index < -0.39 is 17.0 Å². The molecule has 8 nitrogen and oxygen atoms in total. The predicted octanol–water partition coefficient (Wildman–Crippen LogP) is 2.31. The van der Waals surface area contributed by atoms with Gasteiger partial charge in [0.25, 0.3) is 5.56 Å². The van der Waals surface area contributed by atoms with Crippen molar-refractivity contribution in [1.82, 2.24) is 20.2 Å². The number of amides is 2. The van der Waals surface area contributed by atoms with Gasteiger partial charge in [0, 0.05) is 5.69 Å². The van der Waals surface area contributed by atoms with E-state index in [-0.39, 0.29) is 29.6 Å². The second kappa shape index (κ2) is 6.57. The quantitative estimate of drug-likeness (QED) is 0.601. The van der Waals surface area contributed by atoms with Gasteiger partial charge in [-0.1, -0.05) is 44.2 Å². The molecule has 0 unspecified atom stereocenters. The normalized spacial score (nSPS) is 32.3. The summed E-state index contributed by atoms with van der Waals surface area (Å²) in [4.78, 5) is 47.5. The molecule has 3 aromatic rings. The molecule has 35 heavy (non-hydrogen) atoms. The van der Waals surface area contributed by atoms with Gasteiger partial charge in [-0.05, 0) is 49.4 Å². The SMILES string of the molecule is CC(C)C[C@H]1N[C@H]2N(C1=O)c1ccccc1[C@@]21C[C@@H]2C(=O)N[C@@]1(C)c1nc3ccccc3c(=O)n12. The first-order chi connectivity index (χ1) is 16.8. The molecule has 6 heterocycles. The average molecular weight is 470 g/mol. The van der Waals surface area contributed by atoms with E-state index in [2.05, 4.69) is 30.5 Å². The maximum absolute atomic E-state index is 13.7. The molecule has 8 rings (SSSR count). The summed E-state index contributed by atoms with van der Waals surface area (Å²) < 4.78 is 1.60. The van der Waals surface area contributed by atoms with Gasteiger partial charge in [0.1, 0.15) is 23.6 Å². The minimum absolute atomic E-state index is 0.0632. The number of nitrogens with zero attached hydrogens (tertiary/aromatic N) is 3. The van der Waals surface area contributed by atoms with Gasteiger partial charge in [-0.2, -0.15) is 0 Å². The van der Waals surface area contributed by atoms with Gasteiger partial charge in [-0.25, -0.2) is 4.98 Å². The summed E-state index contributed by atoms with van der Waals surface area (Å²) in [6.07, 6.45) is 0.798. The lowest BCUT2D eigenvalue weighted by Crippen LogP contribution is -2.75. The third-order valence-electron chi connectivity index (χ3n) is 8.62. The Morgan fingerprint density at radius 2 is 1.83 bits per heavy atom. The molecule has 0 aliphatic carbocycles. The predicted molar refractivity (Wildman–Crippen MR) is 131 cm³/mol. The summed E-state index contributed by atoms with van der Waals surface area (Å²) in [5.41, 5.74) is 0.623. The molecule has 1 spiro atoms. The van der Waals surface area contributed by atoms with Gasteiger partial charge in [-0.15, -0.1) is 0 Å². The van der Waals surface area contributed by atoms with Crippen LogP contribution in [-0.2, 0) is 20.5 Å². The number of hydrogen-bond acceptors (Lipinski definition) is 5. The molecule has 1 aromatic heterocycles. The van der Waals surface area contributed by atoms with Crippen LogP contribution in [0.1, 0.15) is 51.0 Å². The highest BCUT2D eigenvalue weighted by Gasteiger charge is 2.72. The fourth-order valence-electron chi connectivity index (χ4n) is 7.16. The summed E-state index contributed by atoms with van der Waals surface area (Å²) in [6.45, 7) is 6.20. The van der Waals surface area contributed by atoms with E-state index >= 15 is 0 Å². The fraction of sp³-hybridized carbons (Fsp3) is 0.407. The lowest BCUT2D eigenvalue weighted by Gasteiger charge is -2.58. The highest BCUT2D eigenvalue weighted by molar-refractivity contribution is 6.03. The maximum atomic E-state index is 13.7. The number of piperidine rings is 1. The van der Waals surface area contributed by atoms with E-state index in [0.29, 0.717) is 29.1 Å². The summed E-state index contributed by atoms with van der Waals surface area (Å²) in [5, 5.41) is 7.43. The van der Waals surface area contributed by atoms with Gasteiger partial charge in [0.2, 0.25) is 11.8 Å². The molecule has 178 valence electrons. The summed E-state index contributed by atoms with van der Waals surface area (Å²) in [5.74, 6) is 0.792. The summed E-state index contributed by atoms with van der Waals surface area (Å²) >= 11 is 0. The number of aromatic nitrogens is 2. The van der Waals surface area contributed by atoms with Crippen LogP contribution >= 0.6 is 0 Å². The van der Waals surface area contributed by atoms with Gasteiger partial charge in [0.15, 0.2) is 0 Å². The number of carbonyl (C=O) groups excluding carboxylic acids is 2. The summed E-state index contributed by atoms with van der Waals surface area (Å²) in [6, 6.07) is 14.3. The Kier molecular flexibility index (Phi) is 3.91. The van der Waals surface area contributed by atoms with E-state index in [1.165, 1.54) is 0 Å². The van der Waals surface area contributed by atoms with Crippen molar-refractivity contribution in [2.24, 2.45) is 5.92 Å². The molecule has 2 fully saturated rings. The van der Waals surface area contributed by atoms with Gasteiger partial charge in [0.05, 0.1) is 22.4 Å². The topological polar surface area (TPSA) is 96.3 Å².